The number of carbonyl (C=O) groups is 3. The molecule has 1 atom stereocenters. The minimum absolute atomic E-state index is 0.467. The molecule has 0 unspecified atom stereocenters. The van der Waals surface area contributed by atoms with Crippen molar-refractivity contribution in [2.75, 3.05) is 7.11 Å². The second kappa shape index (κ2) is 8.24. The molecule has 1 saturated heterocycles. The minimum Gasteiger partial charge on any atom is -0.497 e. The van der Waals surface area contributed by atoms with Crippen LogP contribution in [0.15, 0.2) is 30.3 Å². The topological polar surface area (TPSA) is 87.7 Å². The Kier molecular flexibility index (Phi) is 5.93. The fraction of sp³-hybridized carbons (Fsp3) is 0.381. The standard InChI is InChI=1S/C21H25N3O4S/c1-5-8-16-13(6-2)11-17(29-16)18(25)23-24-19(26)21(3,22-20(24)27)14-9-7-10-15(12-14)28-4/h7,9-12H,5-6,8H2,1-4H3,(H,22,27)(H,23,25)/t21-/m1/s1. The van der Waals surface area contributed by atoms with Gasteiger partial charge in [0, 0.05) is 4.88 Å². The van der Waals surface area contributed by atoms with E-state index in [4.69, 9.17) is 4.74 Å². The molecule has 2 heterocycles. The number of amides is 4. The van der Waals surface area contributed by atoms with Gasteiger partial charge < -0.3 is 10.1 Å². The third-order valence-corrected chi connectivity index (χ3v) is 6.27. The Morgan fingerprint density at radius 3 is 2.69 bits per heavy atom. The van der Waals surface area contributed by atoms with E-state index in [1.165, 1.54) is 23.3 Å². The lowest BCUT2D eigenvalue weighted by Crippen LogP contribution is -2.47. The molecule has 1 aliphatic rings. The summed E-state index contributed by atoms with van der Waals surface area (Å²) in [6.45, 7) is 5.74. The molecule has 7 nitrogen and oxygen atoms in total. The highest BCUT2D eigenvalue weighted by molar-refractivity contribution is 7.14. The molecule has 3 rings (SSSR count). The second-order valence-electron chi connectivity index (χ2n) is 7.03. The highest BCUT2D eigenvalue weighted by Crippen LogP contribution is 2.31. The maximum absolute atomic E-state index is 13.0. The first kappa shape index (κ1) is 20.9. The normalized spacial score (nSPS) is 18.7. The zero-order chi connectivity index (χ0) is 21.2. The highest BCUT2D eigenvalue weighted by Gasteiger charge is 2.50. The number of urea groups is 1. The van der Waals surface area contributed by atoms with Crippen molar-refractivity contribution in [1.29, 1.82) is 0 Å². The molecule has 2 N–H and O–H groups in total. The molecule has 0 bridgehead atoms. The van der Waals surface area contributed by atoms with Gasteiger partial charge in [-0.3, -0.25) is 15.0 Å². The maximum atomic E-state index is 13.0. The van der Waals surface area contributed by atoms with Gasteiger partial charge in [-0.1, -0.05) is 32.4 Å². The van der Waals surface area contributed by atoms with Crippen molar-refractivity contribution in [2.24, 2.45) is 0 Å². The lowest BCUT2D eigenvalue weighted by atomic mass is 9.92. The molecule has 0 radical (unpaired) electrons. The number of carbonyl (C=O) groups excluding carboxylic acids is 3. The highest BCUT2D eigenvalue weighted by atomic mass is 32.1. The van der Waals surface area contributed by atoms with Gasteiger partial charge >= 0.3 is 6.03 Å². The quantitative estimate of drug-likeness (QED) is 0.679. The van der Waals surface area contributed by atoms with Crippen LogP contribution < -0.4 is 15.5 Å². The van der Waals surface area contributed by atoms with Crippen LogP contribution in [0.2, 0.25) is 0 Å². The number of thiophene rings is 1. The number of imide groups is 1. The summed E-state index contributed by atoms with van der Waals surface area (Å²) in [5.41, 5.74) is 2.87. The maximum Gasteiger partial charge on any atom is 0.344 e. The summed E-state index contributed by atoms with van der Waals surface area (Å²) >= 11 is 1.41. The summed E-state index contributed by atoms with van der Waals surface area (Å²) in [4.78, 5) is 39.9. The van der Waals surface area contributed by atoms with Gasteiger partial charge in [-0.25, -0.2) is 4.79 Å². The zero-order valence-electron chi connectivity index (χ0n) is 17.0. The second-order valence-corrected chi connectivity index (χ2v) is 8.17. The number of methoxy groups -OCH3 is 1. The van der Waals surface area contributed by atoms with Crippen molar-refractivity contribution >= 4 is 29.2 Å². The largest absolute Gasteiger partial charge is 0.497 e. The van der Waals surface area contributed by atoms with E-state index in [-0.39, 0.29) is 0 Å². The lowest BCUT2D eigenvalue weighted by Gasteiger charge is -2.22. The Morgan fingerprint density at radius 1 is 1.28 bits per heavy atom. The van der Waals surface area contributed by atoms with Crippen LogP contribution in [0.4, 0.5) is 4.79 Å². The number of hydrazine groups is 1. The molecular formula is C21H25N3O4S. The first-order valence-corrected chi connectivity index (χ1v) is 10.4. The van der Waals surface area contributed by atoms with Crippen LogP contribution in [0.3, 0.4) is 0 Å². The number of hydrogen-bond acceptors (Lipinski definition) is 5. The molecule has 1 aliphatic heterocycles. The molecule has 0 aliphatic carbocycles. The lowest BCUT2D eigenvalue weighted by molar-refractivity contribution is -0.132. The predicted molar refractivity (Wildman–Crippen MR) is 111 cm³/mol. The monoisotopic (exact) mass is 415 g/mol. The van der Waals surface area contributed by atoms with Crippen LogP contribution in [-0.4, -0.2) is 30.0 Å². The van der Waals surface area contributed by atoms with Gasteiger partial charge in [0.25, 0.3) is 11.8 Å². The Balaban J connectivity index is 1.82. The number of nitrogens with one attached hydrogen (secondary N) is 2. The number of aryl methyl sites for hydroxylation is 2. The smallest absolute Gasteiger partial charge is 0.344 e. The summed E-state index contributed by atoms with van der Waals surface area (Å²) in [6, 6.07) is 8.08. The molecule has 154 valence electrons. The predicted octanol–water partition coefficient (Wildman–Crippen LogP) is 3.38. The molecule has 0 spiro atoms. The molecule has 8 heteroatoms. The Bertz CT molecular complexity index is 955. The van der Waals surface area contributed by atoms with Gasteiger partial charge in [0.2, 0.25) is 0 Å². The molecular weight excluding hydrogens is 390 g/mol. The fourth-order valence-electron chi connectivity index (χ4n) is 3.34. The Hall–Kier alpha value is -2.87. The Labute approximate surface area is 174 Å². The molecule has 0 saturated carbocycles. The van der Waals surface area contributed by atoms with Gasteiger partial charge in [0.15, 0.2) is 0 Å². The first-order valence-electron chi connectivity index (χ1n) is 9.57. The van der Waals surface area contributed by atoms with Gasteiger partial charge in [0.1, 0.15) is 11.3 Å². The van der Waals surface area contributed by atoms with E-state index < -0.39 is 23.4 Å². The van der Waals surface area contributed by atoms with Gasteiger partial charge in [-0.05, 0) is 49.1 Å². The average molecular weight is 416 g/mol. The molecule has 2 aromatic rings. The summed E-state index contributed by atoms with van der Waals surface area (Å²) in [7, 11) is 1.53. The summed E-state index contributed by atoms with van der Waals surface area (Å²) in [6.07, 6.45) is 2.72. The van der Waals surface area contributed by atoms with Gasteiger partial charge in [0.05, 0.1) is 12.0 Å². The van der Waals surface area contributed by atoms with Gasteiger partial charge in [-0.2, -0.15) is 5.01 Å². The molecule has 1 aromatic carbocycles. The van der Waals surface area contributed by atoms with Crippen molar-refractivity contribution in [3.05, 3.63) is 51.2 Å². The van der Waals surface area contributed by atoms with E-state index in [9.17, 15) is 14.4 Å². The van der Waals surface area contributed by atoms with E-state index in [0.29, 0.717) is 16.2 Å². The van der Waals surface area contributed by atoms with Crippen LogP contribution in [-0.2, 0) is 23.2 Å². The van der Waals surface area contributed by atoms with Crippen LogP contribution in [0, 0.1) is 0 Å². The van der Waals surface area contributed by atoms with E-state index in [1.54, 1.807) is 31.2 Å². The molecule has 4 amide bonds. The average Bonchev–Trinajstić information content (AvgIpc) is 3.23. The SMILES string of the molecule is CCCc1sc(C(=O)NN2C(=O)N[C@](C)(c3cccc(OC)c3)C2=O)cc1CC. The van der Waals surface area contributed by atoms with Crippen molar-refractivity contribution < 1.29 is 19.1 Å². The number of nitrogens with zero attached hydrogens (tertiary/aromatic N) is 1. The van der Waals surface area contributed by atoms with E-state index in [1.807, 2.05) is 13.0 Å². The number of rotatable bonds is 7. The van der Waals surface area contributed by atoms with Crippen molar-refractivity contribution in [1.82, 2.24) is 15.8 Å². The fourth-order valence-corrected chi connectivity index (χ4v) is 4.59. The van der Waals surface area contributed by atoms with Crippen LogP contribution >= 0.6 is 11.3 Å². The summed E-state index contributed by atoms with van der Waals surface area (Å²) < 4.78 is 5.21. The minimum atomic E-state index is -1.30. The van der Waals surface area contributed by atoms with Gasteiger partial charge in [-0.15, -0.1) is 11.3 Å². The number of hydrogen-bond donors (Lipinski definition) is 2. The van der Waals surface area contributed by atoms with E-state index >= 15 is 0 Å². The summed E-state index contributed by atoms with van der Waals surface area (Å²) in [5.74, 6) is -0.446. The molecule has 1 fully saturated rings. The zero-order valence-corrected chi connectivity index (χ0v) is 17.8. The summed E-state index contributed by atoms with van der Waals surface area (Å²) in [5, 5.41) is 3.43. The third-order valence-electron chi connectivity index (χ3n) is 5.03. The van der Waals surface area contributed by atoms with Crippen LogP contribution in [0.1, 0.15) is 52.9 Å². The van der Waals surface area contributed by atoms with Crippen molar-refractivity contribution in [3.63, 3.8) is 0 Å². The van der Waals surface area contributed by atoms with E-state index in [0.717, 1.165) is 29.8 Å². The Morgan fingerprint density at radius 2 is 2.03 bits per heavy atom. The van der Waals surface area contributed by atoms with Crippen LogP contribution in [0.25, 0.3) is 0 Å². The van der Waals surface area contributed by atoms with Crippen molar-refractivity contribution in [2.45, 2.75) is 45.6 Å². The van der Waals surface area contributed by atoms with E-state index in [2.05, 4.69) is 17.7 Å². The molecule has 1 aromatic heterocycles. The number of benzene rings is 1. The third kappa shape index (κ3) is 3.85. The first-order chi connectivity index (χ1) is 13.8. The molecule has 29 heavy (non-hydrogen) atoms. The van der Waals surface area contributed by atoms with Crippen molar-refractivity contribution in [3.8, 4) is 5.75 Å². The van der Waals surface area contributed by atoms with Crippen LogP contribution in [0.5, 0.6) is 5.75 Å². The number of ether oxygens (including phenoxy) is 1.